The normalized spacial score (nSPS) is 12.2. The topological polar surface area (TPSA) is 42.2 Å². The summed E-state index contributed by atoms with van der Waals surface area (Å²) in [4.78, 5) is 9.05. The molecule has 7 heteroatoms. The Morgan fingerprint density at radius 2 is 1.75 bits per heavy atom. The van der Waals surface area contributed by atoms with E-state index in [1.54, 1.807) is 10.5 Å². The molecule has 0 radical (unpaired) electrons. The van der Waals surface area contributed by atoms with Crippen LogP contribution < -0.4 is 5.32 Å². The molecule has 0 spiro atoms. The SMILES string of the molecule is CC(C)CNc1nc2ccccc2n2c(-c3ccccc3C(F)(F)F)cnc12. The summed E-state index contributed by atoms with van der Waals surface area (Å²) >= 11 is 0. The van der Waals surface area contributed by atoms with E-state index in [9.17, 15) is 13.2 Å². The van der Waals surface area contributed by atoms with Crippen molar-refractivity contribution in [2.75, 3.05) is 11.9 Å². The summed E-state index contributed by atoms with van der Waals surface area (Å²) in [6, 6.07) is 12.9. The van der Waals surface area contributed by atoms with Crippen LogP contribution in [0.4, 0.5) is 19.0 Å². The number of para-hydroxylation sites is 2. The molecular weight excluding hydrogens is 365 g/mol. The minimum absolute atomic E-state index is 0.0914. The lowest BCUT2D eigenvalue weighted by atomic mass is 10.0. The Morgan fingerprint density at radius 1 is 1.04 bits per heavy atom. The van der Waals surface area contributed by atoms with Gasteiger partial charge in [0.15, 0.2) is 11.5 Å². The van der Waals surface area contributed by atoms with Crippen LogP contribution >= 0.6 is 0 Å². The van der Waals surface area contributed by atoms with Crippen molar-refractivity contribution < 1.29 is 13.2 Å². The van der Waals surface area contributed by atoms with Gasteiger partial charge in [-0.1, -0.05) is 44.2 Å². The van der Waals surface area contributed by atoms with Gasteiger partial charge in [-0.3, -0.25) is 4.40 Å². The van der Waals surface area contributed by atoms with E-state index in [-0.39, 0.29) is 5.56 Å². The van der Waals surface area contributed by atoms with Gasteiger partial charge >= 0.3 is 6.18 Å². The predicted molar refractivity (Wildman–Crippen MR) is 104 cm³/mol. The lowest BCUT2D eigenvalue weighted by molar-refractivity contribution is -0.137. The number of nitrogens with zero attached hydrogens (tertiary/aromatic N) is 3. The van der Waals surface area contributed by atoms with Gasteiger partial charge in [-0.05, 0) is 24.1 Å². The molecule has 2 heterocycles. The van der Waals surface area contributed by atoms with E-state index < -0.39 is 11.7 Å². The number of imidazole rings is 1. The molecule has 0 aliphatic rings. The van der Waals surface area contributed by atoms with E-state index in [1.807, 2.05) is 24.3 Å². The van der Waals surface area contributed by atoms with Crippen LogP contribution in [0.1, 0.15) is 19.4 Å². The fourth-order valence-corrected chi connectivity index (χ4v) is 3.24. The minimum atomic E-state index is -4.46. The van der Waals surface area contributed by atoms with Crippen molar-refractivity contribution in [1.29, 1.82) is 0 Å². The van der Waals surface area contributed by atoms with Crippen molar-refractivity contribution in [3.8, 4) is 11.3 Å². The van der Waals surface area contributed by atoms with Gasteiger partial charge in [0.05, 0.1) is 28.5 Å². The fraction of sp³-hybridized carbons (Fsp3) is 0.238. The summed E-state index contributed by atoms with van der Waals surface area (Å²) < 4.78 is 42.5. The maximum absolute atomic E-state index is 13.6. The Balaban J connectivity index is 2.02. The molecule has 28 heavy (non-hydrogen) atoms. The van der Waals surface area contributed by atoms with Gasteiger partial charge in [0.1, 0.15) is 0 Å². The fourth-order valence-electron chi connectivity index (χ4n) is 3.24. The van der Waals surface area contributed by atoms with Crippen LogP contribution in [-0.4, -0.2) is 20.9 Å². The minimum Gasteiger partial charge on any atom is -0.367 e. The molecule has 0 bridgehead atoms. The molecule has 0 aliphatic heterocycles. The second-order valence-corrected chi connectivity index (χ2v) is 7.07. The highest BCUT2D eigenvalue weighted by atomic mass is 19.4. The average molecular weight is 384 g/mol. The summed E-state index contributed by atoms with van der Waals surface area (Å²) in [6.45, 7) is 4.83. The Morgan fingerprint density at radius 3 is 2.50 bits per heavy atom. The molecule has 4 nitrogen and oxygen atoms in total. The molecule has 0 amide bonds. The first-order chi connectivity index (χ1) is 13.4. The van der Waals surface area contributed by atoms with Gasteiger partial charge in [0.25, 0.3) is 0 Å². The van der Waals surface area contributed by atoms with Crippen molar-refractivity contribution in [3.63, 3.8) is 0 Å². The molecule has 0 aliphatic carbocycles. The number of alkyl halides is 3. The molecule has 0 saturated carbocycles. The molecule has 4 aromatic rings. The second kappa shape index (κ2) is 6.82. The monoisotopic (exact) mass is 384 g/mol. The number of hydrogen-bond acceptors (Lipinski definition) is 3. The summed E-state index contributed by atoms with van der Waals surface area (Å²) in [5, 5.41) is 3.27. The third kappa shape index (κ3) is 3.17. The number of anilines is 1. The smallest absolute Gasteiger partial charge is 0.367 e. The van der Waals surface area contributed by atoms with Crippen LogP contribution in [0, 0.1) is 5.92 Å². The number of rotatable bonds is 4. The molecule has 0 fully saturated rings. The zero-order chi connectivity index (χ0) is 19.9. The van der Waals surface area contributed by atoms with E-state index in [0.29, 0.717) is 40.7 Å². The van der Waals surface area contributed by atoms with Gasteiger partial charge < -0.3 is 5.32 Å². The van der Waals surface area contributed by atoms with E-state index in [1.165, 1.54) is 18.3 Å². The van der Waals surface area contributed by atoms with Crippen LogP contribution in [0.5, 0.6) is 0 Å². The highest BCUT2D eigenvalue weighted by Gasteiger charge is 2.34. The molecule has 4 rings (SSSR count). The number of halogens is 3. The maximum atomic E-state index is 13.6. The Kier molecular flexibility index (Phi) is 4.45. The first-order valence-corrected chi connectivity index (χ1v) is 9.03. The van der Waals surface area contributed by atoms with Crippen LogP contribution in [0.25, 0.3) is 27.9 Å². The van der Waals surface area contributed by atoms with E-state index in [4.69, 9.17) is 0 Å². The number of nitrogens with one attached hydrogen (secondary N) is 1. The predicted octanol–water partition coefficient (Wildman–Crippen LogP) is 5.64. The van der Waals surface area contributed by atoms with Crippen molar-refractivity contribution in [2.24, 2.45) is 5.92 Å². The van der Waals surface area contributed by atoms with Crippen molar-refractivity contribution in [2.45, 2.75) is 20.0 Å². The van der Waals surface area contributed by atoms with E-state index in [0.717, 1.165) is 6.07 Å². The zero-order valence-corrected chi connectivity index (χ0v) is 15.5. The van der Waals surface area contributed by atoms with Crippen LogP contribution in [0.15, 0.2) is 54.7 Å². The number of fused-ring (bicyclic) bond motifs is 3. The lowest BCUT2D eigenvalue weighted by Gasteiger charge is -2.15. The van der Waals surface area contributed by atoms with Crippen molar-refractivity contribution >= 4 is 22.5 Å². The molecule has 1 N–H and O–H groups in total. The Labute approximate surface area is 160 Å². The first-order valence-electron chi connectivity index (χ1n) is 9.03. The zero-order valence-electron chi connectivity index (χ0n) is 15.5. The number of benzene rings is 2. The quantitative estimate of drug-likeness (QED) is 0.495. The van der Waals surface area contributed by atoms with Gasteiger partial charge in [-0.2, -0.15) is 13.2 Å². The molecular formula is C21H19F3N4. The van der Waals surface area contributed by atoms with Crippen molar-refractivity contribution in [3.05, 3.63) is 60.3 Å². The third-order valence-electron chi connectivity index (χ3n) is 4.51. The molecule has 0 atom stereocenters. The molecule has 0 saturated heterocycles. The van der Waals surface area contributed by atoms with Gasteiger partial charge in [0, 0.05) is 12.1 Å². The van der Waals surface area contributed by atoms with Crippen LogP contribution in [-0.2, 0) is 6.18 Å². The Hall–Kier alpha value is -3.09. The number of hydrogen-bond donors (Lipinski definition) is 1. The molecule has 144 valence electrons. The maximum Gasteiger partial charge on any atom is 0.417 e. The molecule has 2 aromatic heterocycles. The molecule has 0 unspecified atom stereocenters. The van der Waals surface area contributed by atoms with E-state index in [2.05, 4.69) is 29.1 Å². The van der Waals surface area contributed by atoms with Crippen molar-refractivity contribution in [1.82, 2.24) is 14.4 Å². The van der Waals surface area contributed by atoms with Crippen LogP contribution in [0.3, 0.4) is 0 Å². The largest absolute Gasteiger partial charge is 0.417 e. The number of aromatic nitrogens is 3. The Bertz CT molecular complexity index is 1150. The standard InChI is InChI=1S/C21H19F3N4/c1-13(2)11-25-19-20-26-12-18(14-7-3-4-8-15(14)21(22,23)24)28(20)17-10-6-5-9-16(17)27-19/h3-10,12-13H,11H2,1-2H3,(H,25,27). The molecule has 2 aromatic carbocycles. The third-order valence-corrected chi connectivity index (χ3v) is 4.51. The average Bonchev–Trinajstić information content (AvgIpc) is 3.11. The highest BCUT2D eigenvalue weighted by molar-refractivity contribution is 5.86. The summed E-state index contributed by atoms with van der Waals surface area (Å²) in [7, 11) is 0. The van der Waals surface area contributed by atoms with E-state index >= 15 is 0 Å². The summed E-state index contributed by atoms with van der Waals surface area (Å²) in [5.74, 6) is 0.942. The van der Waals surface area contributed by atoms with Gasteiger partial charge in [0.2, 0.25) is 0 Å². The lowest BCUT2D eigenvalue weighted by Crippen LogP contribution is -2.11. The van der Waals surface area contributed by atoms with Gasteiger partial charge in [-0.15, -0.1) is 0 Å². The second-order valence-electron chi connectivity index (χ2n) is 7.07. The summed E-state index contributed by atoms with van der Waals surface area (Å²) in [5.41, 5.74) is 1.69. The highest BCUT2D eigenvalue weighted by Crippen LogP contribution is 2.38. The van der Waals surface area contributed by atoms with Gasteiger partial charge in [-0.25, -0.2) is 9.97 Å². The van der Waals surface area contributed by atoms with Crippen LogP contribution in [0.2, 0.25) is 0 Å². The summed E-state index contributed by atoms with van der Waals surface area (Å²) in [6.07, 6.45) is -2.98. The first kappa shape index (κ1) is 18.3.